The van der Waals surface area contributed by atoms with Gasteiger partial charge in [-0.1, -0.05) is 12.1 Å². The molecule has 0 aliphatic carbocycles. The summed E-state index contributed by atoms with van der Waals surface area (Å²) in [4.78, 5) is 35.0. The molecule has 150 valence electrons. The zero-order valence-electron chi connectivity index (χ0n) is 16.4. The topological polar surface area (TPSA) is 106 Å². The summed E-state index contributed by atoms with van der Waals surface area (Å²) in [5.41, 5.74) is 0.277. The predicted octanol–water partition coefficient (Wildman–Crippen LogP) is 1.38. The van der Waals surface area contributed by atoms with E-state index in [1.165, 1.54) is 0 Å². The monoisotopic (exact) mass is 379 g/mol. The number of carbonyl (C=O) groups is 3. The van der Waals surface area contributed by atoms with Crippen LogP contribution >= 0.6 is 0 Å². The van der Waals surface area contributed by atoms with Crippen LogP contribution in [0.25, 0.3) is 0 Å². The summed E-state index contributed by atoms with van der Waals surface area (Å²) in [7, 11) is 1.57. The Kier molecular flexibility index (Phi) is 9.12. The summed E-state index contributed by atoms with van der Waals surface area (Å²) in [6, 6.07) is 7.29. The summed E-state index contributed by atoms with van der Waals surface area (Å²) >= 11 is 0. The first-order chi connectivity index (χ1) is 12.7. The second-order valence-electron chi connectivity index (χ2n) is 6.91. The van der Waals surface area contributed by atoms with Crippen molar-refractivity contribution in [1.82, 2.24) is 16.0 Å². The van der Waals surface area contributed by atoms with Crippen molar-refractivity contribution in [2.24, 2.45) is 0 Å². The van der Waals surface area contributed by atoms with Gasteiger partial charge in [0.2, 0.25) is 11.8 Å². The standard InChI is InChI=1S/C19H29N3O5/c1-19(2,3)27-18(25)22-9-8-16(23)20-10-11-21-17(24)13-14-6-5-7-15(12-14)26-4/h5-7,12H,8-11,13H2,1-4H3,(H,20,23)(H,21,24)(H,22,25). The Morgan fingerprint density at radius 3 is 2.26 bits per heavy atom. The quantitative estimate of drug-likeness (QED) is 0.562. The van der Waals surface area contributed by atoms with E-state index in [9.17, 15) is 14.4 Å². The summed E-state index contributed by atoms with van der Waals surface area (Å²) < 4.78 is 10.2. The van der Waals surface area contributed by atoms with Crippen LogP contribution in [-0.2, 0) is 20.7 Å². The van der Waals surface area contributed by atoms with E-state index in [0.717, 1.165) is 5.56 Å². The molecule has 27 heavy (non-hydrogen) atoms. The van der Waals surface area contributed by atoms with Gasteiger partial charge in [0, 0.05) is 26.1 Å². The fraction of sp³-hybridized carbons (Fsp3) is 0.526. The second-order valence-corrected chi connectivity index (χ2v) is 6.91. The highest BCUT2D eigenvalue weighted by molar-refractivity contribution is 5.79. The molecule has 0 aliphatic rings. The van der Waals surface area contributed by atoms with Gasteiger partial charge in [-0.25, -0.2) is 4.79 Å². The van der Waals surface area contributed by atoms with E-state index in [4.69, 9.17) is 9.47 Å². The summed E-state index contributed by atoms with van der Waals surface area (Å²) in [6.45, 7) is 6.12. The van der Waals surface area contributed by atoms with E-state index in [1.54, 1.807) is 33.9 Å². The van der Waals surface area contributed by atoms with Crippen LogP contribution in [0.4, 0.5) is 4.79 Å². The number of benzene rings is 1. The van der Waals surface area contributed by atoms with Gasteiger partial charge in [0.15, 0.2) is 0 Å². The fourth-order valence-electron chi connectivity index (χ4n) is 2.11. The zero-order valence-corrected chi connectivity index (χ0v) is 16.4. The summed E-state index contributed by atoms with van der Waals surface area (Å²) in [5.74, 6) is 0.352. The molecule has 0 aromatic heterocycles. The van der Waals surface area contributed by atoms with Crippen molar-refractivity contribution < 1.29 is 23.9 Å². The van der Waals surface area contributed by atoms with Crippen LogP contribution in [0.2, 0.25) is 0 Å². The van der Waals surface area contributed by atoms with Gasteiger partial charge < -0.3 is 25.4 Å². The van der Waals surface area contributed by atoms with E-state index in [0.29, 0.717) is 18.8 Å². The first-order valence-electron chi connectivity index (χ1n) is 8.83. The lowest BCUT2D eigenvalue weighted by Gasteiger charge is -2.19. The van der Waals surface area contributed by atoms with Gasteiger partial charge >= 0.3 is 6.09 Å². The molecule has 0 bridgehead atoms. The van der Waals surface area contributed by atoms with Crippen molar-refractivity contribution in [2.45, 2.75) is 39.2 Å². The van der Waals surface area contributed by atoms with E-state index in [2.05, 4.69) is 16.0 Å². The van der Waals surface area contributed by atoms with E-state index < -0.39 is 11.7 Å². The lowest BCUT2D eigenvalue weighted by Crippen LogP contribution is -2.37. The van der Waals surface area contributed by atoms with Crippen molar-refractivity contribution in [3.8, 4) is 5.75 Å². The molecule has 3 N–H and O–H groups in total. The van der Waals surface area contributed by atoms with Crippen molar-refractivity contribution in [3.05, 3.63) is 29.8 Å². The van der Waals surface area contributed by atoms with Crippen LogP contribution in [-0.4, -0.2) is 50.3 Å². The van der Waals surface area contributed by atoms with Gasteiger partial charge in [0.05, 0.1) is 13.5 Å². The third-order valence-electron chi connectivity index (χ3n) is 3.29. The molecule has 0 radical (unpaired) electrons. The molecule has 0 heterocycles. The predicted molar refractivity (Wildman–Crippen MR) is 102 cm³/mol. The molecule has 8 nitrogen and oxygen atoms in total. The van der Waals surface area contributed by atoms with E-state index >= 15 is 0 Å². The molecule has 0 aliphatic heterocycles. The minimum atomic E-state index is -0.574. The van der Waals surface area contributed by atoms with Crippen molar-refractivity contribution >= 4 is 17.9 Å². The Balaban J connectivity index is 2.13. The van der Waals surface area contributed by atoms with Crippen molar-refractivity contribution in [1.29, 1.82) is 0 Å². The molecule has 1 rings (SSSR count). The molecule has 0 unspecified atom stereocenters. The Labute approximate surface area is 160 Å². The number of hydrogen-bond acceptors (Lipinski definition) is 5. The molecule has 0 spiro atoms. The molecule has 1 aromatic carbocycles. The highest BCUT2D eigenvalue weighted by Gasteiger charge is 2.15. The van der Waals surface area contributed by atoms with Crippen LogP contribution in [0.1, 0.15) is 32.8 Å². The molecule has 0 atom stereocenters. The minimum Gasteiger partial charge on any atom is -0.497 e. The number of alkyl carbamates (subject to hydrolysis) is 1. The van der Waals surface area contributed by atoms with Crippen LogP contribution in [0.15, 0.2) is 24.3 Å². The Bertz CT molecular complexity index is 640. The third-order valence-corrected chi connectivity index (χ3v) is 3.29. The van der Waals surface area contributed by atoms with Gasteiger partial charge in [-0.15, -0.1) is 0 Å². The highest BCUT2D eigenvalue weighted by Crippen LogP contribution is 2.12. The Morgan fingerprint density at radius 2 is 1.63 bits per heavy atom. The van der Waals surface area contributed by atoms with Crippen LogP contribution in [0.5, 0.6) is 5.75 Å². The number of carbonyl (C=O) groups excluding carboxylic acids is 3. The summed E-state index contributed by atoms with van der Waals surface area (Å²) in [5, 5.41) is 7.93. The molecular weight excluding hydrogens is 350 g/mol. The van der Waals surface area contributed by atoms with Gasteiger partial charge in [-0.05, 0) is 38.5 Å². The molecule has 0 saturated carbocycles. The Morgan fingerprint density at radius 1 is 0.963 bits per heavy atom. The van der Waals surface area contributed by atoms with E-state index in [-0.39, 0.29) is 31.2 Å². The molecule has 0 saturated heterocycles. The number of amides is 3. The molecular formula is C19H29N3O5. The van der Waals surface area contributed by atoms with Crippen molar-refractivity contribution in [3.63, 3.8) is 0 Å². The van der Waals surface area contributed by atoms with Crippen LogP contribution < -0.4 is 20.7 Å². The summed E-state index contributed by atoms with van der Waals surface area (Å²) in [6.07, 6.45) is -0.179. The number of hydrogen-bond donors (Lipinski definition) is 3. The fourth-order valence-corrected chi connectivity index (χ4v) is 2.11. The number of methoxy groups -OCH3 is 1. The van der Waals surface area contributed by atoms with Gasteiger partial charge in [0.25, 0.3) is 0 Å². The van der Waals surface area contributed by atoms with Gasteiger partial charge in [-0.2, -0.15) is 0 Å². The smallest absolute Gasteiger partial charge is 0.407 e. The lowest BCUT2D eigenvalue weighted by molar-refractivity contribution is -0.122. The van der Waals surface area contributed by atoms with Gasteiger partial charge in [-0.3, -0.25) is 9.59 Å². The highest BCUT2D eigenvalue weighted by atomic mass is 16.6. The molecule has 3 amide bonds. The van der Waals surface area contributed by atoms with Crippen molar-refractivity contribution in [2.75, 3.05) is 26.7 Å². The maximum absolute atomic E-state index is 11.9. The normalized spacial score (nSPS) is 10.7. The average molecular weight is 379 g/mol. The number of rotatable bonds is 9. The average Bonchev–Trinajstić information content (AvgIpc) is 2.57. The SMILES string of the molecule is COc1cccc(CC(=O)NCCNC(=O)CCNC(=O)OC(C)(C)C)c1. The minimum absolute atomic E-state index is 0.135. The zero-order chi connectivity index (χ0) is 20.3. The number of ether oxygens (including phenoxy) is 2. The third kappa shape index (κ3) is 10.7. The first-order valence-corrected chi connectivity index (χ1v) is 8.83. The first kappa shape index (κ1) is 22.3. The molecule has 1 aromatic rings. The van der Waals surface area contributed by atoms with Crippen LogP contribution in [0, 0.1) is 0 Å². The maximum atomic E-state index is 11.9. The maximum Gasteiger partial charge on any atom is 0.407 e. The lowest BCUT2D eigenvalue weighted by atomic mass is 10.1. The second kappa shape index (κ2) is 11.1. The molecule has 8 heteroatoms. The Hall–Kier alpha value is -2.77. The number of nitrogens with one attached hydrogen (secondary N) is 3. The van der Waals surface area contributed by atoms with Crippen LogP contribution in [0.3, 0.4) is 0 Å². The molecule has 0 fully saturated rings. The van der Waals surface area contributed by atoms with Gasteiger partial charge in [0.1, 0.15) is 11.4 Å². The van der Waals surface area contributed by atoms with E-state index in [1.807, 2.05) is 18.2 Å². The largest absolute Gasteiger partial charge is 0.497 e.